The smallest absolute Gasteiger partial charge is 0.0240 e. The van der Waals surface area contributed by atoms with Gasteiger partial charge in [0.25, 0.3) is 0 Å². The molecule has 0 radical (unpaired) electrons. The van der Waals surface area contributed by atoms with E-state index in [1.54, 1.807) is 0 Å². The summed E-state index contributed by atoms with van der Waals surface area (Å²) in [6.07, 6.45) is 2.61. The van der Waals surface area contributed by atoms with Gasteiger partial charge in [0.1, 0.15) is 0 Å². The Morgan fingerprint density at radius 1 is 1.16 bits per heavy atom. The van der Waals surface area contributed by atoms with E-state index >= 15 is 0 Å². The molecule has 0 saturated carbocycles. The van der Waals surface area contributed by atoms with Gasteiger partial charge < -0.3 is 5.32 Å². The van der Waals surface area contributed by atoms with Gasteiger partial charge in [-0.2, -0.15) is 0 Å². The van der Waals surface area contributed by atoms with E-state index in [1.807, 2.05) is 0 Å². The summed E-state index contributed by atoms with van der Waals surface area (Å²) < 4.78 is 0. The zero-order valence-electron chi connectivity index (χ0n) is 11.6. The van der Waals surface area contributed by atoms with E-state index in [-0.39, 0.29) is 0 Å². The highest BCUT2D eigenvalue weighted by molar-refractivity contribution is 5.85. The maximum atomic E-state index is 3.42. The van der Waals surface area contributed by atoms with Crippen LogP contribution in [0.3, 0.4) is 0 Å². The van der Waals surface area contributed by atoms with Gasteiger partial charge in [0, 0.05) is 19.1 Å². The molecule has 0 aliphatic carbocycles. The van der Waals surface area contributed by atoms with E-state index in [0.717, 1.165) is 6.54 Å². The molecule has 1 aliphatic heterocycles. The van der Waals surface area contributed by atoms with Gasteiger partial charge in [0.15, 0.2) is 0 Å². The lowest BCUT2D eigenvalue weighted by molar-refractivity contribution is 0.188. The van der Waals surface area contributed by atoms with Crippen LogP contribution >= 0.6 is 0 Å². The molecule has 1 saturated heterocycles. The van der Waals surface area contributed by atoms with Crippen molar-refractivity contribution in [3.05, 3.63) is 48.0 Å². The Kier molecular flexibility index (Phi) is 3.81. The summed E-state index contributed by atoms with van der Waals surface area (Å²) in [5, 5.41) is 6.16. The Bertz CT molecular complexity index is 544. The van der Waals surface area contributed by atoms with Crippen LogP contribution in [0.5, 0.6) is 0 Å². The molecule has 0 spiro atoms. The van der Waals surface area contributed by atoms with Crippen LogP contribution in [0.1, 0.15) is 18.4 Å². The topological polar surface area (TPSA) is 15.3 Å². The highest BCUT2D eigenvalue weighted by atomic mass is 15.2. The first-order chi connectivity index (χ1) is 9.36. The van der Waals surface area contributed by atoms with E-state index in [9.17, 15) is 0 Å². The maximum absolute atomic E-state index is 3.42. The van der Waals surface area contributed by atoms with Gasteiger partial charge in [-0.25, -0.2) is 0 Å². The van der Waals surface area contributed by atoms with Gasteiger partial charge in [-0.1, -0.05) is 42.5 Å². The zero-order valence-corrected chi connectivity index (χ0v) is 11.6. The van der Waals surface area contributed by atoms with Crippen molar-refractivity contribution in [3.63, 3.8) is 0 Å². The molecule has 0 amide bonds. The van der Waals surface area contributed by atoms with Crippen molar-refractivity contribution in [1.82, 2.24) is 10.2 Å². The van der Waals surface area contributed by atoms with Crippen LogP contribution in [0.2, 0.25) is 0 Å². The fourth-order valence-electron chi connectivity index (χ4n) is 3.11. The molecule has 1 N–H and O–H groups in total. The van der Waals surface area contributed by atoms with Crippen molar-refractivity contribution in [2.24, 2.45) is 0 Å². The standard InChI is InChI=1S/C17H22N2/c1-18-16-9-5-11-19(13-16)12-15-8-4-7-14-6-2-3-10-17(14)15/h2-4,6-8,10,16,18H,5,9,11-13H2,1H3. The molecule has 0 bridgehead atoms. The van der Waals surface area contributed by atoms with Crippen molar-refractivity contribution in [2.75, 3.05) is 20.1 Å². The van der Waals surface area contributed by atoms with E-state index in [4.69, 9.17) is 0 Å². The summed E-state index contributed by atoms with van der Waals surface area (Å²) >= 11 is 0. The fourth-order valence-corrected chi connectivity index (χ4v) is 3.11. The summed E-state index contributed by atoms with van der Waals surface area (Å²) in [7, 11) is 2.08. The number of nitrogens with zero attached hydrogens (tertiary/aromatic N) is 1. The number of nitrogens with one attached hydrogen (secondary N) is 1. The molecule has 1 aliphatic rings. The molecule has 1 atom stereocenters. The van der Waals surface area contributed by atoms with Crippen LogP contribution in [0.25, 0.3) is 10.8 Å². The lowest BCUT2D eigenvalue weighted by Gasteiger charge is -2.32. The van der Waals surface area contributed by atoms with Crippen LogP contribution in [0.4, 0.5) is 0 Å². The van der Waals surface area contributed by atoms with E-state index in [2.05, 4.69) is 59.7 Å². The Morgan fingerprint density at radius 2 is 2.00 bits per heavy atom. The van der Waals surface area contributed by atoms with E-state index in [0.29, 0.717) is 6.04 Å². The van der Waals surface area contributed by atoms with Crippen molar-refractivity contribution in [2.45, 2.75) is 25.4 Å². The van der Waals surface area contributed by atoms with Gasteiger partial charge in [0.2, 0.25) is 0 Å². The number of rotatable bonds is 3. The fraction of sp³-hybridized carbons (Fsp3) is 0.412. The van der Waals surface area contributed by atoms with Gasteiger partial charge in [-0.3, -0.25) is 4.90 Å². The predicted molar refractivity (Wildman–Crippen MR) is 81.3 cm³/mol. The van der Waals surface area contributed by atoms with Crippen molar-refractivity contribution < 1.29 is 0 Å². The Hall–Kier alpha value is -1.38. The number of hydrogen-bond acceptors (Lipinski definition) is 2. The number of likely N-dealkylation sites (N-methyl/N-ethyl adjacent to an activating group) is 1. The average molecular weight is 254 g/mol. The number of likely N-dealkylation sites (tertiary alicyclic amines) is 1. The molecule has 2 aromatic rings. The van der Waals surface area contributed by atoms with Crippen LogP contribution in [-0.4, -0.2) is 31.1 Å². The zero-order chi connectivity index (χ0) is 13.1. The van der Waals surface area contributed by atoms with Crippen LogP contribution in [-0.2, 0) is 6.54 Å². The van der Waals surface area contributed by atoms with Crippen molar-refractivity contribution in [3.8, 4) is 0 Å². The van der Waals surface area contributed by atoms with Crippen LogP contribution in [0, 0.1) is 0 Å². The lowest BCUT2D eigenvalue weighted by Crippen LogP contribution is -2.43. The molecule has 1 fully saturated rings. The van der Waals surface area contributed by atoms with Crippen molar-refractivity contribution in [1.29, 1.82) is 0 Å². The lowest BCUT2D eigenvalue weighted by atomic mass is 10.0. The SMILES string of the molecule is CNC1CCCN(Cc2cccc3ccccc23)C1. The predicted octanol–water partition coefficient (Wildman–Crippen LogP) is 3.02. The summed E-state index contributed by atoms with van der Waals surface area (Å²) in [6, 6.07) is 16.0. The van der Waals surface area contributed by atoms with Crippen LogP contribution < -0.4 is 5.32 Å². The molecule has 1 unspecified atom stereocenters. The highest BCUT2D eigenvalue weighted by Gasteiger charge is 2.18. The molecule has 2 aromatic carbocycles. The normalized spacial score (nSPS) is 20.8. The second-order valence-electron chi connectivity index (χ2n) is 5.50. The molecule has 100 valence electrons. The number of fused-ring (bicyclic) bond motifs is 1. The molecule has 2 heteroatoms. The summed E-state index contributed by atoms with van der Waals surface area (Å²) in [6.45, 7) is 3.46. The molecule has 1 heterocycles. The van der Waals surface area contributed by atoms with Crippen molar-refractivity contribution >= 4 is 10.8 Å². The highest BCUT2D eigenvalue weighted by Crippen LogP contribution is 2.21. The Morgan fingerprint density at radius 3 is 2.89 bits per heavy atom. The monoisotopic (exact) mass is 254 g/mol. The number of hydrogen-bond donors (Lipinski definition) is 1. The van der Waals surface area contributed by atoms with Gasteiger partial charge in [-0.05, 0) is 42.8 Å². The quantitative estimate of drug-likeness (QED) is 0.905. The second-order valence-corrected chi connectivity index (χ2v) is 5.50. The molecule has 2 nitrogen and oxygen atoms in total. The Labute approximate surface area is 115 Å². The summed E-state index contributed by atoms with van der Waals surface area (Å²) in [5.74, 6) is 0. The Balaban J connectivity index is 1.81. The molecule has 19 heavy (non-hydrogen) atoms. The molecule has 0 aromatic heterocycles. The second kappa shape index (κ2) is 5.72. The summed E-state index contributed by atoms with van der Waals surface area (Å²) in [5.41, 5.74) is 1.45. The average Bonchev–Trinajstić information content (AvgIpc) is 2.48. The van der Waals surface area contributed by atoms with Gasteiger partial charge >= 0.3 is 0 Å². The molecular weight excluding hydrogens is 232 g/mol. The minimum Gasteiger partial charge on any atom is -0.316 e. The first-order valence-electron chi connectivity index (χ1n) is 7.23. The third-order valence-corrected chi connectivity index (χ3v) is 4.19. The minimum absolute atomic E-state index is 0.656. The van der Waals surface area contributed by atoms with Crippen LogP contribution in [0.15, 0.2) is 42.5 Å². The molecular formula is C17H22N2. The van der Waals surface area contributed by atoms with E-state index in [1.165, 1.54) is 42.3 Å². The first-order valence-corrected chi connectivity index (χ1v) is 7.23. The van der Waals surface area contributed by atoms with E-state index < -0.39 is 0 Å². The number of piperidine rings is 1. The third-order valence-electron chi connectivity index (χ3n) is 4.19. The third kappa shape index (κ3) is 2.80. The summed E-state index contributed by atoms with van der Waals surface area (Å²) in [4.78, 5) is 2.58. The first kappa shape index (κ1) is 12.6. The van der Waals surface area contributed by atoms with Gasteiger partial charge in [0.05, 0.1) is 0 Å². The maximum Gasteiger partial charge on any atom is 0.0240 e. The largest absolute Gasteiger partial charge is 0.316 e. The van der Waals surface area contributed by atoms with Gasteiger partial charge in [-0.15, -0.1) is 0 Å². The molecule has 3 rings (SSSR count). The number of benzene rings is 2. The minimum atomic E-state index is 0.656.